The van der Waals surface area contributed by atoms with Crippen molar-refractivity contribution in [3.63, 3.8) is 0 Å². The van der Waals surface area contributed by atoms with E-state index in [2.05, 4.69) is 29.0 Å². The Morgan fingerprint density at radius 1 is 1.00 bits per heavy atom. The van der Waals surface area contributed by atoms with Crippen molar-refractivity contribution >= 4 is 38.4 Å². The normalized spacial score (nSPS) is 22.5. The van der Waals surface area contributed by atoms with Crippen molar-refractivity contribution < 1.29 is 24.2 Å². The standard InChI is InChI=1S/C27H34F5N5OS/c1-18(2)19-9-11-21(12-10-19)37-17-20-15-24(25(16-23(20)35-37)36-13-4-3-5-14-36)34-27(38)22-7-6-8-26(33-22)39(28,29,30,31)32/h6-8,15-19,21H,3-5,9-14H2,1-2H3,(H,34,38)/t19-,21-. The third kappa shape index (κ3) is 6.15. The molecule has 1 amide bonds. The Morgan fingerprint density at radius 2 is 1.69 bits per heavy atom. The number of carbonyl (C=O) groups excluding carboxylic acids is 1. The first-order chi connectivity index (χ1) is 18.2. The molecule has 1 saturated heterocycles. The second-order valence-corrected chi connectivity index (χ2v) is 13.5. The summed E-state index contributed by atoms with van der Waals surface area (Å²) in [5, 5.41) is 5.95. The summed E-state index contributed by atoms with van der Waals surface area (Å²) in [6.45, 7) is 6.03. The van der Waals surface area contributed by atoms with E-state index in [4.69, 9.17) is 5.10 Å². The Morgan fingerprint density at radius 3 is 2.33 bits per heavy atom. The summed E-state index contributed by atoms with van der Waals surface area (Å²) in [4.78, 5) is 18.1. The Labute approximate surface area is 224 Å². The van der Waals surface area contributed by atoms with E-state index in [1.807, 2.05) is 16.9 Å². The Balaban J connectivity index is 1.46. The number of fused-ring (bicyclic) bond motifs is 1. The first-order valence-electron chi connectivity index (χ1n) is 13.5. The van der Waals surface area contributed by atoms with E-state index >= 15 is 0 Å². The van der Waals surface area contributed by atoms with E-state index in [0.29, 0.717) is 23.2 Å². The predicted molar refractivity (Wildman–Crippen MR) is 145 cm³/mol. The molecule has 2 aromatic heterocycles. The molecule has 0 bridgehead atoms. The number of halogens is 5. The van der Waals surface area contributed by atoms with Gasteiger partial charge in [-0.15, -0.1) is 0 Å². The number of carbonyl (C=O) groups is 1. The lowest BCUT2D eigenvalue weighted by Gasteiger charge is -2.39. The molecule has 1 aliphatic carbocycles. The van der Waals surface area contributed by atoms with E-state index in [-0.39, 0.29) is 12.1 Å². The number of aromatic nitrogens is 3. The monoisotopic (exact) mass is 571 g/mol. The highest BCUT2D eigenvalue weighted by Crippen LogP contribution is 3.01. The maximum absolute atomic E-state index is 13.3. The molecule has 0 atom stereocenters. The quantitative estimate of drug-likeness (QED) is 0.301. The molecule has 0 unspecified atom stereocenters. The van der Waals surface area contributed by atoms with Crippen molar-refractivity contribution in [3.8, 4) is 0 Å². The Kier molecular flexibility index (Phi) is 6.63. The lowest BCUT2D eigenvalue weighted by atomic mass is 9.80. The van der Waals surface area contributed by atoms with Crippen LogP contribution in [0.3, 0.4) is 0 Å². The maximum Gasteiger partial charge on any atom is 0.325 e. The van der Waals surface area contributed by atoms with Gasteiger partial charge in [0.05, 0.1) is 22.9 Å². The molecule has 214 valence electrons. The summed E-state index contributed by atoms with van der Waals surface area (Å²) in [7, 11) is -10.0. The van der Waals surface area contributed by atoms with Crippen molar-refractivity contribution in [2.24, 2.45) is 11.8 Å². The van der Waals surface area contributed by atoms with Gasteiger partial charge in [-0.1, -0.05) is 39.3 Å². The lowest BCUT2D eigenvalue weighted by molar-refractivity contribution is 0.102. The molecular weight excluding hydrogens is 537 g/mol. The zero-order valence-corrected chi connectivity index (χ0v) is 22.9. The van der Waals surface area contributed by atoms with Gasteiger partial charge in [0.25, 0.3) is 5.91 Å². The van der Waals surface area contributed by atoms with Gasteiger partial charge in [-0.3, -0.25) is 9.48 Å². The van der Waals surface area contributed by atoms with Crippen LogP contribution in [0.4, 0.5) is 30.8 Å². The summed E-state index contributed by atoms with van der Waals surface area (Å²) < 4.78 is 68.5. The fourth-order valence-corrected chi connectivity index (χ4v) is 6.35. The summed E-state index contributed by atoms with van der Waals surface area (Å²) in [6.07, 6.45) is 9.31. The van der Waals surface area contributed by atoms with E-state index in [1.165, 1.54) is 0 Å². The minimum Gasteiger partial charge on any atom is -0.370 e. The van der Waals surface area contributed by atoms with Crippen LogP contribution in [-0.2, 0) is 0 Å². The smallest absolute Gasteiger partial charge is 0.325 e. The summed E-state index contributed by atoms with van der Waals surface area (Å²) in [5.74, 6) is 0.376. The van der Waals surface area contributed by atoms with Crippen LogP contribution in [0.2, 0.25) is 0 Å². The molecule has 3 aromatic rings. The van der Waals surface area contributed by atoms with Crippen LogP contribution >= 0.6 is 10.2 Å². The predicted octanol–water partition coefficient (Wildman–Crippen LogP) is 8.72. The number of amides is 1. The molecule has 5 rings (SSSR count). The number of pyridine rings is 1. The number of nitrogens with one attached hydrogen (secondary N) is 1. The zero-order chi connectivity index (χ0) is 28.1. The van der Waals surface area contributed by atoms with Crippen LogP contribution in [0.25, 0.3) is 10.9 Å². The molecule has 2 aliphatic rings. The number of rotatable bonds is 6. The average Bonchev–Trinajstić information content (AvgIpc) is 3.30. The van der Waals surface area contributed by atoms with Crippen LogP contribution in [0, 0.1) is 11.8 Å². The molecule has 2 fully saturated rings. The van der Waals surface area contributed by atoms with E-state index in [9.17, 15) is 24.2 Å². The second kappa shape index (κ2) is 9.35. The SMILES string of the molecule is CC(C)[C@H]1CC[C@H](n2cc3cc(NC(=O)c4cccc(S(F)(F)(F)(F)F)n4)c(N4CCCCC4)cc3n2)CC1. The van der Waals surface area contributed by atoms with Gasteiger partial charge in [-0.2, -0.15) is 5.10 Å². The van der Waals surface area contributed by atoms with Crippen molar-refractivity contribution in [2.45, 2.75) is 69.9 Å². The van der Waals surface area contributed by atoms with Gasteiger partial charge in [0.15, 0.2) is 5.03 Å². The highest BCUT2D eigenvalue weighted by atomic mass is 32.5. The summed E-state index contributed by atoms with van der Waals surface area (Å²) in [5.41, 5.74) is 1.12. The molecule has 1 aromatic carbocycles. The molecule has 6 nitrogen and oxygen atoms in total. The van der Waals surface area contributed by atoms with Crippen LogP contribution in [0.1, 0.15) is 75.3 Å². The van der Waals surface area contributed by atoms with Crippen molar-refractivity contribution in [3.05, 3.63) is 42.2 Å². The van der Waals surface area contributed by atoms with Gasteiger partial charge in [-0.05, 0) is 81.0 Å². The highest BCUT2D eigenvalue weighted by molar-refractivity contribution is 8.45. The number of anilines is 2. The van der Waals surface area contributed by atoms with Crippen LogP contribution in [-0.4, -0.2) is 33.8 Å². The van der Waals surface area contributed by atoms with Crippen LogP contribution in [0.15, 0.2) is 41.6 Å². The molecule has 1 N–H and O–H groups in total. The third-order valence-electron chi connectivity index (χ3n) is 7.99. The first kappa shape index (κ1) is 27.7. The Bertz CT molecular complexity index is 1380. The molecule has 1 aliphatic heterocycles. The molecule has 12 heteroatoms. The fourth-order valence-electron chi connectivity index (χ4n) is 5.74. The molecule has 1 saturated carbocycles. The highest BCUT2D eigenvalue weighted by Gasteiger charge is 2.67. The number of hydrogen-bond acceptors (Lipinski definition) is 4. The largest absolute Gasteiger partial charge is 0.370 e. The van der Waals surface area contributed by atoms with E-state index < -0.39 is 26.9 Å². The van der Waals surface area contributed by atoms with Crippen LogP contribution < -0.4 is 10.2 Å². The number of piperidine rings is 1. The number of hydrogen-bond donors (Lipinski definition) is 1. The third-order valence-corrected chi connectivity index (χ3v) is 9.01. The molecule has 0 radical (unpaired) electrons. The summed E-state index contributed by atoms with van der Waals surface area (Å²) in [6, 6.07) is 5.88. The van der Waals surface area contributed by atoms with Gasteiger partial charge in [0.2, 0.25) is 0 Å². The molecular formula is C27H34F5N5OS. The van der Waals surface area contributed by atoms with Crippen LogP contribution in [0.5, 0.6) is 0 Å². The topological polar surface area (TPSA) is 63.1 Å². The Hall–Kier alpha value is -2.89. The van der Waals surface area contributed by atoms with Gasteiger partial charge in [0, 0.05) is 24.7 Å². The maximum atomic E-state index is 13.3. The van der Waals surface area contributed by atoms with Crippen molar-refractivity contribution in [2.75, 3.05) is 23.3 Å². The summed E-state index contributed by atoms with van der Waals surface area (Å²) >= 11 is 0. The fraction of sp³-hybridized carbons (Fsp3) is 0.519. The minimum absolute atomic E-state index is 0.187. The van der Waals surface area contributed by atoms with Crippen molar-refractivity contribution in [1.29, 1.82) is 0 Å². The molecule has 0 spiro atoms. The first-order valence-corrected chi connectivity index (χ1v) is 15.4. The minimum atomic E-state index is -10.0. The number of benzene rings is 1. The van der Waals surface area contributed by atoms with E-state index in [1.54, 1.807) is 6.07 Å². The van der Waals surface area contributed by atoms with Crippen molar-refractivity contribution in [1.82, 2.24) is 14.8 Å². The van der Waals surface area contributed by atoms with Gasteiger partial charge in [0.1, 0.15) is 5.69 Å². The molecule has 39 heavy (non-hydrogen) atoms. The average molecular weight is 572 g/mol. The van der Waals surface area contributed by atoms with E-state index in [0.717, 1.165) is 81.1 Å². The van der Waals surface area contributed by atoms with Gasteiger partial charge in [-0.25, -0.2) is 4.98 Å². The lowest BCUT2D eigenvalue weighted by Crippen LogP contribution is -2.30. The zero-order valence-electron chi connectivity index (χ0n) is 22.1. The van der Waals surface area contributed by atoms with Gasteiger partial charge < -0.3 is 10.2 Å². The molecule has 3 heterocycles. The number of nitrogens with zero attached hydrogens (tertiary/aromatic N) is 4. The second-order valence-electron chi connectivity index (χ2n) is 11.2. The van der Waals surface area contributed by atoms with Gasteiger partial charge >= 0.3 is 10.2 Å².